The summed E-state index contributed by atoms with van der Waals surface area (Å²) in [4.78, 5) is 4.08. The first-order valence-corrected chi connectivity index (χ1v) is 8.40. The average molecular weight is 393 g/mol. The van der Waals surface area contributed by atoms with E-state index in [1.807, 2.05) is 6.92 Å². The van der Waals surface area contributed by atoms with Crippen LogP contribution in [0.4, 0.5) is 10.3 Å². The van der Waals surface area contributed by atoms with E-state index >= 15 is 0 Å². The molecule has 8 heteroatoms. The molecule has 0 saturated carbocycles. The molecule has 2 N–H and O–H groups in total. The first-order valence-electron chi connectivity index (χ1n) is 7.64. The largest absolute Gasteiger partial charge is 0.488 e. The molecule has 3 rings (SSSR count). The average Bonchev–Trinajstić information content (AvgIpc) is 2.91. The lowest BCUT2D eigenvalue weighted by Gasteiger charge is -2.11. The van der Waals surface area contributed by atoms with Crippen LogP contribution in [0, 0.1) is 12.7 Å². The van der Waals surface area contributed by atoms with Gasteiger partial charge in [0.1, 0.15) is 18.2 Å². The fourth-order valence-electron chi connectivity index (χ4n) is 2.27. The van der Waals surface area contributed by atoms with Crippen molar-refractivity contribution in [3.05, 3.63) is 75.3 Å². The van der Waals surface area contributed by atoms with E-state index in [2.05, 4.69) is 10.1 Å². The van der Waals surface area contributed by atoms with Crippen molar-refractivity contribution in [1.29, 1.82) is 0 Å². The Morgan fingerprint density at radius 1 is 1.27 bits per heavy atom. The molecule has 2 aromatic carbocycles. The Hall–Kier alpha value is -2.57. The number of halogens is 3. The zero-order chi connectivity index (χ0) is 18.7. The highest BCUT2D eigenvalue weighted by molar-refractivity contribution is 6.31. The Bertz CT molecular complexity index is 972. The number of ether oxygens (including phenoxy) is 1. The van der Waals surface area contributed by atoms with Crippen molar-refractivity contribution >= 4 is 35.4 Å². The lowest BCUT2D eigenvalue weighted by atomic mass is 10.2. The number of rotatable bonds is 5. The molecule has 0 saturated heterocycles. The number of aromatic nitrogens is 2. The molecule has 0 bridgehead atoms. The van der Waals surface area contributed by atoms with E-state index in [0.29, 0.717) is 26.9 Å². The summed E-state index contributed by atoms with van der Waals surface area (Å²) in [6.07, 6.45) is 3.28. The van der Waals surface area contributed by atoms with Crippen LogP contribution in [0.3, 0.4) is 0 Å². The molecule has 0 aliphatic heterocycles. The fourth-order valence-corrected chi connectivity index (χ4v) is 2.67. The van der Waals surface area contributed by atoms with Crippen LogP contribution in [0.2, 0.25) is 10.0 Å². The van der Waals surface area contributed by atoms with Crippen LogP contribution in [0.1, 0.15) is 16.8 Å². The molecule has 0 atom stereocenters. The van der Waals surface area contributed by atoms with Gasteiger partial charge in [-0.1, -0.05) is 29.3 Å². The van der Waals surface area contributed by atoms with Crippen molar-refractivity contribution in [3.8, 4) is 5.75 Å². The third-order valence-electron chi connectivity index (χ3n) is 3.53. The second kappa shape index (κ2) is 7.76. The van der Waals surface area contributed by atoms with E-state index < -0.39 is 5.82 Å². The first-order chi connectivity index (χ1) is 12.4. The highest BCUT2D eigenvalue weighted by atomic mass is 35.5. The molecule has 0 unspecified atom stereocenters. The zero-order valence-electron chi connectivity index (χ0n) is 13.8. The predicted octanol–water partition coefficient (Wildman–Crippen LogP) is 4.68. The van der Waals surface area contributed by atoms with Gasteiger partial charge in [0.05, 0.1) is 23.1 Å². The molecule has 0 fully saturated rings. The Labute approximate surface area is 159 Å². The Morgan fingerprint density at radius 3 is 2.77 bits per heavy atom. The first kappa shape index (κ1) is 18.2. The van der Waals surface area contributed by atoms with Gasteiger partial charge < -0.3 is 10.5 Å². The predicted molar refractivity (Wildman–Crippen MR) is 102 cm³/mol. The van der Waals surface area contributed by atoms with Crippen molar-refractivity contribution in [2.45, 2.75) is 13.5 Å². The summed E-state index contributed by atoms with van der Waals surface area (Å²) in [5.41, 5.74) is 7.85. The number of benzene rings is 2. The maximum Gasteiger partial charge on any atom is 0.221 e. The second-order valence-electron chi connectivity index (χ2n) is 5.54. The van der Waals surface area contributed by atoms with E-state index in [1.54, 1.807) is 36.7 Å². The molecule has 3 aromatic rings. The van der Waals surface area contributed by atoms with Gasteiger partial charge >= 0.3 is 0 Å². The summed E-state index contributed by atoms with van der Waals surface area (Å²) < 4.78 is 20.4. The summed E-state index contributed by atoms with van der Waals surface area (Å²) in [5, 5.41) is 5.11. The Kier molecular flexibility index (Phi) is 5.44. The molecular weight excluding hydrogens is 378 g/mol. The molecule has 0 spiro atoms. The van der Waals surface area contributed by atoms with Crippen LogP contribution in [0.15, 0.2) is 47.7 Å². The molecule has 0 radical (unpaired) electrons. The van der Waals surface area contributed by atoms with E-state index in [1.165, 1.54) is 16.8 Å². The van der Waals surface area contributed by atoms with E-state index in [9.17, 15) is 4.39 Å². The summed E-state index contributed by atoms with van der Waals surface area (Å²) in [6.45, 7) is 2.00. The quantitative estimate of drug-likeness (QED) is 0.640. The molecule has 1 heterocycles. The van der Waals surface area contributed by atoms with Gasteiger partial charge in [0, 0.05) is 16.1 Å². The van der Waals surface area contributed by atoms with Crippen molar-refractivity contribution < 1.29 is 9.13 Å². The summed E-state index contributed by atoms with van der Waals surface area (Å²) in [6, 6.07) is 9.30. The van der Waals surface area contributed by atoms with Crippen molar-refractivity contribution in [2.24, 2.45) is 5.10 Å². The van der Waals surface area contributed by atoms with Gasteiger partial charge in [-0.25, -0.2) is 14.1 Å². The molecule has 26 heavy (non-hydrogen) atoms. The Balaban J connectivity index is 1.82. The monoisotopic (exact) mass is 392 g/mol. The maximum atomic E-state index is 13.1. The number of nitrogens with zero attached hydrogens (tertiary/aromatic N) is 3. The maximum absolute atomic E-state index is 13.1. The molecule has 1 aromatic heterocycles. The summed E-state index contributed by atoms with van der Waals surface area (Å²) in [5.74, 6) is 0.432. The van der Waals surface area contributed by atoms with E-state index in [4.69, 9.17) is 33.7 Å². The number of nitrogen functional groups attached to an aromatic ring is 1. The topological polar surface area (TPSA) is 65.4 Å². The molecule has 0 aliphatic rings. The van der Waals surface area contributed by atoms with Gasteiger partial charge in [-0.15, -0.1) is 0 Å². The number of anilines is 1. The number of nitrogens with two attached hydrogens (primary N) is 1. The van der Waals surface area contributed by atoms with Gasteiger partial charge in [-0.2, -0.15) is 5.10 Å². The highest BCUT2D eigenvalue weighted by Gasteiger charge is 2.07. The van der Waals surface area contributed by atoms with Gasteiger partial charge in [0.2, 0.25) is 5.95 Å². The van der Waals surface area contributed by atoms with Crippen molar-refractivity contribution in [1.82, 2.24) is 9.66 Å². The van der Waals surface area contributed by atoms with Gasteiger partial charge in [0.25, 0.3) is 0 Å². The van der Waals surface area contributed by atoms with Crippen LogP contribution >= 0.6 is 23.2 Å². The van der Waals surface area contributed by atoms with Crippen LogP contribution in [0.25, 0.3) is 0 Å². The van der Waals surface area contributed by atoms with Crippen LogP contribution < -0.4 is 10.5 Å². The van der Waals surface area contributed by atoms with E-state index in [0.717, 1.165) is 5.69 Å². The number of hydrogen-bond donors (Lipinski definition) is 1. The Morgan fingerprint density at radius 2 is 2.08 bits per heavy atom. The normalized spacial score (nSPS) is 11.2. The van der Waals surface area contributed by atoms with Gasteiger partial charge in [-0.05, 0) is 37.3 Å². The van der Waals surface area contributed by atoms with E-state index in [-0.39, 0.29) is 12.6 Å². The SMILES string of the molecule is Cc1cn(N=Cc2cc(Cl)ccc2OCc2ccc(F)cc2Cl)c(N)n1. The summed E-state index contributed by atoms with van der Waals surface area (Å²) in [7, 11) is 0. The third-order valence-corrected chi connectivity index (χ3v) is 4.11. The highest BCUT2D eigenvalue weighted by Crippen LogP contribution is 2.24. The van der Waals surface area contributed by atoms with Gasteiger partial charge in [-0.3, -0.25) is 0 Å². The minimum atomic E-state index is -0.397. The minimum absolute atomic E-state index is 0.175. The molecule has 0 aliphatic carbocycles. The molecule has 134 valence electrons. The number of imidazole rings is 1. The van der Waals surface area contributed by atoms with Crippen LogP contribution in [0.5, 0.6) is 5.75 Å². The van der Waals surface area contributed by atoms with Crippen LogP contribution in [-0.2, 0) is 6.61 Å². The summed E-state index contributed by atoms with van der Waals surface area (Å²) >= 11 is 12.1. The van der Waals surface area contributed by atoms with Crippen molar-refractivity contribution in [2.75, 3.05) is 5.73 Å². The smallest absolute Gasteiger partial charge is 0.221 e. The third kappa shape index (κ3) is 4.33. The van der Waals surface area contributed by atoms with Gasteiger partial charge in [0.15, 0.2) is 0 Å². The number of aryl methyl sites for hydroxylation is 1. The number of hydrogen-bond acceptors (Lipinski definition) is 4. The second-order valence-corrected chi connectivity index (χ2v) is 6.38. The van der Waals surface area contributed by atoms with Crippen LogP contribution in [-0.4, -0.2) is 15.9 Å². The molecule has 5 nitrogen and oxygen atoms in total. The lowest BCUT2D eigenvalue weighted by Crippen LogP contribution is -2.01. The zero-order valence-corrected chi connectivity index (χ0v) is 15.3. The van der Waals surface area contributed by atoms with Crippen molar-refractivity contribution in [3.63, 3.8) is 0 Å². The lowest BCUT2D eigenvalue weighted by molar-refractivity contribution is 0.305. The molecule has 0 amide bonds. The standard InChI is InChI=1S/C18H15Cl2FN4O/c1-11-9-25(18(22)24-11)23-8-13-6-14(19)3-5-17(13)26-10-12-2-4-15(21)7-16(12)20/h2-9H,10H2,1H3,(H2,22,24). The molecular formula is C18H15Cl2FN4O. The minimum Gasteiger partial charge on any atom is -0.488 e. The fraction of sp³-hybridized carbons (Fsp3) is 0.111.